The Morgan fingerprint density at radius 2 is 1.94 bits per heavy atom. The molecule has 1 aromatic heterocycles. The van der Waals surface area contributed by atoms with E-state index in [0.717, 1.165) is 11.3 Å². The number of hydrogen-bond donors (Lipinski definition) is 1. The molecule has 0 bridgehead atoms. The number of nitrogens with two attached hydrogens (primary N) is 1. The Morgan fingerprint density at radius 3 is 2.59 bits per heavy atom. The number of nitrogens with zero attached hydrogens (tertiary/aromatic N) is 1. The molecule has 0 atom stereocenters. The van der Waals surface area contributed by atoms with E-state index < -0.39 is 0 Å². The van der Waals surface area contributed by atoms with E-state index in [1.807, 2.05) is 24.3 Å². The smallest absolute Gasteiger partial charge is 0.237 e. The van der Waals surface area contributed by atoms with E-state index >= 15 is 0 Å². The summed E-state index contributed by atoms with van der Waals surface area (Å²) in [6, 6.07) is 11.2. The zero-order valence-corrected chi connectivity index (χ0v) is 9.59. The molecule has 1 aromatic carbocycles. The lowest BCUT2D eigenvalue weighted by atomic mass is 10.2. The average Bonchev–Trinajstić information content (AvgIpc) is 2.38. The van der Waals surface area contributed by atoms with Gasteiger partial charge in [0, 0.05) is 6.20 Å². The van der Waals surface area contributed by atoms with E-state index in [4.69, 9.17) is 15.2 Å². The zero-order chi connectivity index (χ0) is 12.1. The summed E-state index contributed by atoms with van der Waals surface area (Å²) in [6.45, 7) is 0.436. The number of rotatable bonds is 4. The van der Waals surface area contributed by atoms with Gasteiger partial charge in [-0.15, -0.1) is 0 Å². The van der Waals surface area contributed by atoms with Crippen LogP contribution in [-0.2, 0) is 6.61 Å². The average molecular weight is 230 g/mol. The molecule has 0 aliphatic carbocycles. The van der Waals surface area contributed by atoms with Crippen molar-refractivity contribution < 1.29 is 9.47 Å². The minimum Gasteiger partial charge on any atom is -0.497 e. The number of pyridine rings is 1. The highest BCUT2D eigenvalue weighted by molar-refractivity contribution is 5.46. The fourth-order valence-corrected chi connectivity index (χ4v) is 1.40. The Balaban J connectivity index is 2.00. The number of aromatic nitrogens is 1. The van der Waals surface area contributed by atoms with Crippen LogP contribution in [0.25, 0.3) is 0 Å². The van der Waals surface area contributed by atoms with Gasteiger partial charge >= 0.3 is 0 Å². The van der Waals surface area contributed by atoms with E-state index in [2.05, 4.69) is 4.98 Å². The second-order valence-corrected chi connectivity index (χ2v) is 3.53. The molecule has 0 spiro atoms. The molecule has 0 saturated carbocycles. The minimum atomic E-state index is 0.436. The molecule has 1 heterocycles. The summed E-state index contributed by atoms with van der Waals surface area (Å²) in [5, 5.41) is 0. The third kappa shape index (κ3) is 2.87. The quantitative estimate of drug-likeness (QED) is 0.875. The van der Waals surface area contributed by atoms with Crippen molar-refractivity contribution in [1.29, 1.82) is 0 Å². The van der Waals surface area contributed by atoms with E-state index in [1.54, 1.807) is 25.4 Å². The minimum absolute atomic E-state index is 0.436. The van der Waals surface area contributed by atoms with Crippen LogP contribution in [0.1, 0.15) is 5.56 Å². The number of benzene rings is 1. The number of methoxy groups -OCH3 is 1. The summed E-state index contributed by atoms with van der Waals surface area (Å²) < 4.78 is 10.6. The van der Waals surface area contributed by atoms with Crippen LogP contribution >= 0.6 is 0 Å². The van der Waals surface area contributed by atoms with E-state index in [1.165, 1.54) is 0 Å². The molecular weight excluding hydrogens is 216 g/mol. The second kappa shape index (κ2) is 5.21. The van der Waals surface area contributed by atoms with Crippen LogP contribution in [0.15, 0.2) is 42.6 Å². The molecule has 0 fully saturated rings. The molecule has 17 heavy (non-hydrogen) atoms. The maximum Gasteiger partial charge on any atom is 0.237 e. The predicted molar refractivity (Wildman–Crippen MR) is 66.0 cm³/mol. The van der Waals surface area contributed by atoms with Crippen LogP contribution < -0.4 is 15.2 Å². The van der Waals surface area contributed by atoms with Crippen molar-refractivity contribution in [1.82, 2.24) is 4.98 Å². The van der Waals surface area contributed by atoms with Gasteiger partial charge in [-0.2, -0.15) is 0 Å². The first kappa shape index (κ1) is 11.3. The van der Waals surface area contributed by atoms with Crippen molar-refractivity contribution >= 4 is 5.69 Å². The normalized spacial score (nSPS) is 9.94. The lowest BCUT2D eigenvalue weighted by Crippen LogP contribution is -2.00. The molecular formula is C13H14N2O2. The molecule has 0 aliphatic heterocycles. The van der Waals surface area contributed by atoms with Gasteiger partial charge in [0.1, 0.15) is 12.4 Å². The van der Waals surface area contributed by atoms with Gasteiger partial charge in [0.15, 0.2) is 0 Å². The molecule has 0 radical (unpaired) electrons. The molecule has 2 N–H and O–H groups in total. The number of hydrogen-bond acceptors (Lipinski definition) is 4. The van der Waals surface area contributed by atoms with Crippen LogP contribution in [0.3, 0.4) is 0 Å². The molecule has 0 unspecified atom stereocenters. The summed E-state index contributed by atoms with van der Waals surface area (Å²) in [7, 11) is 1.64. The summed E-state index contributed by atoms with van der Waals surface area (Å²) in [5.41, 5.74) is 7.30. The molecule has 4 nitrogen and oxygen atoms in total. The molecule has 0 amide bonds. The summed E-state index contributed by atoms with van der Waals surface area (Å²) in [6.07, 6.45) is 1.65. The number of anilines is 1. The van der Waals surface area contributed by atoms with Crippen LogP contribution in [0.5, 0.6) is 11.6 Å². The Labute approximate surface area is 100 Å². The lowest BCUT2D eigenvalue weighted by molar-refractivity contribution is 0.295. The number of nitrogen functional groups attached to an aromatic ring is 1. The summed E-state index contributed by atoms with van der Waals surface area (Å²) in [4.78, 5) is 4.06. The highest BCUT2D eigenvalue weighted by Crippen LogP contribution is 2.18. The van der Waals surface area contributed by atoms with Crippen molar-refractivity contribution in [3.63, 3.8) is 0 Å². The largest absolute Gasteiger partial charge is 0.497 e. The molecule has 88 valence electrons. The van der Waals surface area contributed by atoms with Crippen LogP contribution in [0, 0.1) is 0 Å². The molecule has 4 heteroatoms. The maximum absolute atomic E-state index is 5.72. The topological polar surface area (TPSA) is 57.4 Å². The standard InChI is InChI=1S/C13H14N2O2/c1-16-11-6-4-10(5-7-11)9-17-13-12(14)3-2-8-15-13/h2-8H,9,14H2,1H3. The van der Waals surface area contributed by atoms with Crippen molar-refractivity contribution in [2.45, 2.75) is 6.61 Å². The fourth-order valence-electron chi connectivity index (χ4n) is 1.40. The third-order valence-electron chi connectivity index (χ3n) is 2.34. The fraction of sp³-hybridized carbons (Fsp3) is 0.154. The molecule has 2 rings (SSSR count). The Morgan fingerprint density at radius 1 is 1.18 bits per heavy atom. The monoisotopic (exact) mass is 230 g/mol. The SMILES string of the molecule is COc1ccc(COc2ncccc2N)cc1. The van der Waals surface area contributed by atoms with Crippen LogP contribution in [0.2, 0.25) is 0 Å². The lowest BCUT2D eigenvalue weighted by Gasteiger charge is -2.07. The maximum atomic E-state index is 5.72. The van der Waals surface area contributed by atoms with Crippen LogP contribution in [-0.4, -0.2) is 12.1 Å². The first-order chi connectivity index (χ1) is 8.29. The van der Waals surface area contributed by atoms with Gasteiger partial charge in [-0.25, -0.2) is 4.98 Å². The van der Waals surface area contributed by atoms with Crippen LogP contribution in [0.4, 0.5) is 5.69 Å². The number of ether oxygens (including phenoxy) is 2. The highest BCUT2D eigenvalue weighted by Gasteiger charge is 2.01. The Kier molecular flexibility index (Phi) is 3.45. The van der Waals surface area contributed by atoms with E-state index in [9.17, 15) is 0 Å². The summed E-state index contributed by atoms with van der Waals surface area (Å²) in [5.74, 6) is 1.29. The van der Waals surface area contributed by atoms with Gasteiger partial charge in [0.2, 0.25) is 5.88 Å². The van der Waals surface area contributed by atoms with Gasteiger partial charge in [0.05, 0.1) is 12.8 Å². The van der Waals surface area contributed by atoms with Gasteiger partial charge in [-0.3, -0.25) is 0 Å². The summed E-state index contributed by atoms with van der Waals surface area (Å²) >= 11 is 0. The van der Waals surface area contributed by atoms with E-state index in [-0.39, 0.29) is 0 Å². The Bertz CT molecular complexity index is 483. The first-order valence-corrected chi connectivity index (χ1v) is 5.26. The molecule has 0 aliphatic rings. The molecule has 2 aromatic rings. The second-order valence-electron chi connectivity index (χ2n) is 3.53. The van der Waals surface area contributed by atoms with Gasteiger partial charge in [0.25, 0.3) is 0 Å². The Hall–Kier alpha value is -2.23. The third-order valence-corrected chi connectivity index (χ3v) is 2.34. The van der Waals surface area contributed by atoms with Gasteiger partial charge in [-0.1, -0.05) is 12.1 Å². The molecule has 0 saturated heterocycles. The van der Waals surface area contributed by atoms with Crippen molar-refractivity contribution in [3.8, 4) is 11.6 Å². The van der Waals surface area contributed by atoms with E-state index in [0.29, 0.717) is 18.2 Å². The van der Waals surface area contributed by atoms with Crippen molar-refractivity contribution in [2.75, 3.05) is 12.8 Å². The predicted octanol–water partition coefficient (Wildman–Crippen LogP) is 2.25. The van der Waals surface area contributed by atoms with Crippen molar-refractivity contribution in [3.05, 3.63) is 48.2 Å². The van der Waals surface area contributed by atoms with Crippen molar-refractivity contribution in [2.24, 2.45) is 0 Å². The van der Waals surface area contributed by atoms with Gasteiger partial charge < -0.3 is 15.2 Å². The first-order valence-electron chi connectivity index (χ1n) is 5.26. The highest BCUT2D eigenvalue weighted by atomic mass is 16.5. The zero-order valence-electron chi connectivity index (χ0n) is 9.59. The van der Waals surface area contributed by atoms with Gasteiger partial charge in [-0.05, 0) is 29.8 Å².